The van der Waals surface area contributed by atoms with Crippen LogP contribution in [0.1, 0.15) is 44.3 Å². The van der Waals surface area contributed by atoms with Gasteiger partial charge in [-0.2, -0.15) is 10.2 Å². The number of anilines is 1. The summed E-state index contributed by atoms with van der Waals surface area (Å²) in [5, 5.41) is 11.0. The lowest BCUT2D eigenvalue weighted by atomic mass is 10.1. The van der Waals surface area contributed by atoms with Gasteiger partial charge in [0.1, 0.15) is 0 Å². The van der Waals surface area contributed by atoms with Crippen molar-refractivity contribution in [2.45, 2.75) is 45.1 Å². The lowest BCUT2D eigenvalue weighted by Gasteiger charge is -2.28. The van der Waals surface area contributed by atoms with Crippen LogP contribution in [0.5, 0.6) is 0 Å². The third-order valence-electron chi connectivity index (χ3n) is 7.20. The molecule has 1 aliphatic heterocycles. The lowest BCUT2D eigenvalue weighted by molar-refractivity contribution is 0.122. The first-order valence-electron chi connectivity index (χ1n) is 12.3. The van der Waals surface area contributed by atoms with Crippen molar-refractivity contribution in [3.05, 3.63) is 60.4 Å². The summed E-state index contributed by atoms with van der Waals surface area (Å²) in [6.45, 7) is 5.68. The second kappa shape index (κ2) is 8.67. The molecule has 3 heterocycles. The summed E-state index contributed by atoms with van der Waals surface area (Å²) < 4.78 is 9.84. The molecule has 0 atom stereocenters. The largest absolute Gasteiger partial charge is 0.378 e. The number of morpholine rings is 1. The SMILES string of the molecule is CCc1nn(C2CCCC2)c2cc(-c3ccnn3-c3ccc(N4CCOCC4)cc3)ccc12. The first kappa shape index (κ1) is 20.5. The van der Waals surface area contributed by atoms with Crippen LogP contribution in [-0.2, 0) is 11.2 Å². The predicted molar refractivity (Wildman–Crippen MR) is 132 cm³/mol. The number of aryl methyl sites for hydroxylation is 1. The van der Waals surface area contributed by atoms with Crippen molar-refractivity contribution in [2.24, 2.45) is 0 Å². The highest BCUT2D eigenvalue weighted by Crippen LogP contribution is 2.35. The van der Waals surface area contributed by atoms with Crippen molar-refractivity contribution in [1.82, 2.24) is 19.6 Å². The summed E-state index contributed by atoms with van der Waals surface area (Å²) >= 11 is 0. The van der Waals surface area contributed by atoms with Crippen molar-refractivity contribution in [1.29, 1.82) is 0 Å². The Bertz CT molecular complexity index is 1240. The average Bonchev–Trinajstić information content (AvgIpc) is 3.64. The van der Waals surface area contributed by atoms with Crippen molar-refractivity contribution < 1.29 is 4.74 Å². The number of fused-ring (bicyclic) bond motifs is 1. The third-order valence-corrected chi connectivity index (χ3v) is 7.20. The highest BCUT2D eigenvalue weighted by Gasteiger charge is 2.22. The maximum atomic E-state index is 5.49. The van der Waals surface area contributed by atoms with Gasteiger partial charge in [0.25, 0.3) is 0 Å². The molecule has 2 aromatic carbocycles. The molecule has 170 valence electrons. The lowest BCUT2D eigenvalue weighted by Crippen LogP contribution is -2.36. The van der Waals surface area contributed by atoms with E-state index >= 15 is 0 Å². The zero-order chi connectivity index (χ0) is 22.2. The van der Waals surface area contributed by atoms with E-state index in [0.717, 1.165) is 44.1 Å². The van der Waals surface area contributed by atoms with Gasteiger partial charge < -0.3 is 9.64 Å². The van der Waals surface area contributed by atoms with Crippen LogP contribution < -0.4 is 4.90 Å². The molecular formula is C27H31N5O. The zero-order valence-electron chi connectivity index (χ0n) is 19.3. The van der Waals surface area contributed by atoms with Gasteiger partial charge in [0, 0.05) is 29.7 Å². The van der Waals surface area contributed by atoms with E-state index in [4.69, 9.17) is 9.84 Å². The van der Waals surface area contributed by atoms with Gasteiger partial charge in [-0.1, -0.05) is 31.9 Å². The Morgan fingerprint density at radius 1 is 0.939 bits per heavy atom. The fraction of sp³-hybridized carbons (Fsp3) is 0.407. The van der Waals surface area contributed by atoms with Crippen molar-refractivity contribution in [3.8, 4) is 16.9 Å². The topological polar surface area (TPSA) is 48.1 Å². The minimum Gasteiger partial charge on any atom is -0.378 e. The number of rotatable bonds is 5. The van der Waals surface area contributed by atoms with Crippen LogP contribution in [0.3, 0.4) is 0 Å². The summed E-state index contributed by atoms with van der Waals surface area (Å²) in [4.78, 5) is 2.38. The first-order chi connectivity index (χ1) is 16.3. The molecule has 0 amide bonds. The summed E-state index contributed by atoms with van der Waals surface area (Å²) in [6.07, 6.45) is 7.93. The normalized spacial score (nSPS) is 17.3. The van der Waals surface area contributed by atoms with Gasteiger partial charge in [0.05, 0.1) is 48.0 Å². The van der Waals surface area contributed by atoms with Gasteiger partial charge in [-0.05, 0) is 55.7 Å². The molecule has 0 radical (unpaired) electrons. The number of ether oxygens (including phenoxy) is 1. The average molecular weight is 442 g/mol. The summed E-state index contributed by atoms with van der Waals surface area (Å²) in [6, 6.07) is 18.1. The predicted octanol–water partition coefficient (Wildman–Crippen LogP) is 5.40. The molecule has 1 aliphatic carbocycles. The molecule has 1 saturated carbocycles. The molecule has 2 aromatic heterocycles. The molecule has 0 spiro atoms. The molecule has 2 aliphatic rings. The first-order valence-corrected chi connectivity index (χ1v) is 12.3. The van der Waals surface area contributed by atoms with E-state index in [9.17, 15) is 0 Å². The Morgan fingerprint density at radius 3 is 2.45 bits per heavy atom. The van der Waals surface area contributed by atoms with Crippen molar-refractivity contribution >= 4 is 16.6 Å². The molecule has 1 saturated heterocycles. The molecule has 6 heteroatoms. The minimum atomic E-state index is 0.528. The van der Waals surface area contributed by atoms with Crippen LogP contribution in [0.15, 0.2) is 54.7 Å². The van der Waals surface area contributed by atoms with Crippen molar-refractivity contribution in [2.75, 3.05) is 31.2 Å². The van der Waals surface area contributed by atoms with Gasteiger partial charge in [-0.25, -0.2) is 4.68 Å². The van der Waals surface area contributed by atoms with Gasteiger partial charge in [-0.15, -0.1) is 0 Å². The van der Waals surface area contributed by atoms with Gasteiger partial charge in [0.15, 0.2) is 0 Å². The molecule has 6 nitrogen and oxygen atoms in total. The quantitative estimate of drug-likeness (QED) is 0.416. The fourth-order valence-corrected chi connectivity index (χ4v) is 5.40. The van der Waals surface area contributed by atoms with Crippen LogP contribution in [0.4, 0.5) is 5.69 Å². The minimum absolute atomic E-state index is 0.528. The van der Waals surface area contributed by atoms with Crippen LogP contribution in [-0.4, -0.2) is 45.9 Å². The van der Waals surface area contributed by atoms with E-state index in [1.54, 1.807) is 0 Å². The molecule has 33 heavy (non-hydrogen) atoms. The fourth-order valence-electron chi connectivity index (χ4n) is 5.40. The maximum Gasteiger partial charge on any atom is 0.0741 e. The van der Waals surface area contributed by atoms with E-state index in [1.807, 2.05) is 10.9 Å². The second-order valence-corrected chi connectivity index (χ2v) is 9.16. The Labute approximate surface area is 194 Å². The van der Waals surface area contributed by atoms with Gasteiger partial charge >= 0.3 is 0 Å². The number of hydrogen-bond acceptors (Lipinski definition) is 4. The smallest absolute Gasteiger partial charge is 0.0741 e. The zero-order valence-corrected chi connectivity index (χ0v) is 19.3. The van der Waals surface area contributed by atoms with Gasteiger partial charge in [0.2, 0.25) is 0 Å². The van der Waals surface area contributed by atoms with E-state index in [1.165, 1.54) is 53.5 Å². The standard InChI is InChI=1S/C27H31N5O/c1-2-25-24-12-7-20(19-27(24)32(29-25)22-5-3-4-6-22)26-13-14-28-31(26)23-10-8-21(9-11-23)30-15-17-33-18-16-30/h7-14,19,22H,2-6,15-18H2,1H3. The van der Waals surface area contributed by atoms with E-state index in [0.29, 0.717) is 6.04 Å². The third kappa shape index (κ3) is 3.72. The highest BCUT2D eigenvalue weighted by molar-refractivity contribution is 5.86. The number of hydrogen-bond donors (Lipinski definition) is 0. The molecule has 6 rings (SSSR count). The van der Waals surface area contributed by atoms with Crippen LogP contribution in [0.2, 0.25) is 0 Å². The Hall–Kier alpha value is -3.12. The molecule has 2 fully saturated rings. The summed E-state index contributed by atoms with van der Waals surface area (Å²) in [7, 11) is 0. The second-order valence-electron chi connectivity index (χ2n) is 9.16. The van der Waals surface area contributed by atoms with Crippen LogP contribution >= 0.6 is 0 Å². The number of benzene rings is 2. The molecule has 4 aromatic rings. The summed E-state index contributed by atoms with van der Waals surface area (Å²) in [5.74, 6) is 0. The monoisotopic (exact) mass is 441 g/mol. The van der Waals surface area contributed by atoms with E-state index in [2.05, 4.69) is 70.1 Å². The van der Waals surface area contributed by atoms with Crippen LogP contribution in [0, 0.1) is 0 Å². The Kier molecular flexibility index (Phi) is 5.38. The molecule has 0 unspecified atom stereocenters. The van der Waals surface area contributed by atoms with E-state index in [-0.39, 0.29) is 0 Å². The van der Waals surface area contributed by atoms with E-state index < -0.39 is 0 Å². The molecule has 0 bridgehead atoms. The van der Waals surface area contributed by atoms with Gasteiger partial charge in [-0.3, -0.25) is 4.68 Å². The highest BCUT2D eigenvalue weighted by atomic mass is 16.5. The maximum absolute atomic E-state index is 5.49. The molecule has 0 N–H and O–H groups in total. The number of aromatic nitrogens is 4. The molecular weight excluding hydrogens is 410 g/mol. The number of nitrogens with zero attached hydrogens (tertiary/aromatic N) is 5. The summed E-state index contributed by atoms with van der Waals surface area (Å²) in [5.41, 5.74) is 7.06. The Morgan fingerprint density at radius 2 is 1.70 bits per heavy atom. The Balaban J connectivity index is 1.36. The van der Waals surface area contributed by atoms with Crippen molar-refractivity contribution in [3.63, 3.8) is 0 Å². The van der Waals surface area contributed by atoms with Crippen LogP contribution in [0.25, 0.3) is 27.8 Å².